The summed E-state index contributed by atoms with van der Waals surface area (Å²) in [6.45, 7) is 0. The van der Waals surface area contributed by atoms with Crippen LogP contribution in [0, 0.1) is 10.1 Å². The van der Waals surface area contributed by atoms with E-state index < -0.39 is 10.9 Å². The Morgan fingerprint density at radius 2 is 2.22 bits per heavy atom. The van der Waals surface area contributed by atoms with Crippen molar-refractivity contribution in [1.29, 1.82) is 0 Å². The number of hydrogen-bond acceptors (Lipinski definition) is 4. The summed E-state index contributed by atoms with van der Waals surface area (Å²) in [5, 5.41) is 19.6. The highest BCUT2D eigenvalue weighted by atomic mass is 79.9. The van der Waals surface area contributed by atoms with E-state index in [1.807, 2.05) is 0 Å². The van der Waals surface area contributed by atoms with Gasteiger partial charge in [-0.05, 0) is 28.1 Å². The molecule has 0 aliphatic rings. The van der Waals surface area contributed by atoms with Crippen LogP contribution in [-0.2, 0) is 0 Å². The van der Waals surface area contributed by atoms with Crippen LogP contribution in [0.3, 0.4) is 0 Å². The molecule has 0 saturated heterocycles. The Hall–Kier alpha value is -2.22. The molecule has 2 aromatic rings. The molecule has 0 fully saturated rings. The summed E-state index contributed by atoms with van der Waals surface area (Å²) in [4.78, 5) is 24.6. The lowest BCUT2D eigenvalue weighted by Gasteiger charge is -2.05. The van der Waals surface area contributed by atoms with Crippen LogP contribution < -0.4 is 0 Å². The second kappa shape index (κ2) is 4.57. The van der Waals surface area contributed by atoms with Crippen molar-refractivity contribution in [2.75, 3.05) is 0 Å². The van der Waals surface area contributed by atoms with Crippen molar-refractivity contribution in [3.05, 3.63) is 50.9 Å². The number of nitro groups is 1. The molecule has 0 radical (unpaired) electrons. The molecule has 0 aliphatic carbocycles. The summed E-state index contributed by atoms with van der Waals surface area (Å²) < 4.78 is 1.91. The van der Waals surface area contributed by atoms with Gasteiger partial charge in [0.15, 0.2) is 0 Å². The Morgan fingerprint density at radius 3 is 2.78 bits per heavy atom. The highest BCUT2D eigenvalue weighted by Crippen LogP contribution is 2.21. The summed E-state index contributed by atoms with van der Waals surface area (Å²) in [7, 11) is 0. The first-order chi connectivity index (χ1) is 8.49. The molecule has 92 valence electrons. The van der Waals surface area contributed by atoms with Gasteiger partial charge in [0.25, 0.3) is 0 Å². The van der Waals surface area contributed by atoms with E-state index in [2.05, 4.69) is 20.9 Å². The van der Waals surface area contributed by atoms with E-state index in [1.165, 1.54) is 17.0 Å². The molecule has 0 amide bonds. The molecule has 0 saturated carbocycles. The normalized spacial score (nSPS) is 10.3. The van der Waals surface area contributed by atoms with Crippen molar-refractivity contribution in [2.24, 2.45) is 0 Å². The number of rotatable bonds is 3. The Balaban J connectivity index is 2.55. The number of halogens is 1. The number of hydrogen-bond donors (Lipinski definition) is 1. The van der Waals surface area contributed by atoms with Crippen molar-refractivity contribution in [3.63, 3.8) is 0 Å². The molecule has 1 aromatic heterocycles. The van der Waals surface area contributed by atoms with Gasteiger partial charge < -0.3 is 15.2 Å². The van der Waals surface area contributed by atoms with E-state index in [1.54, 1.807) is 12.1 Å². The molecule has 0 atom stereocenters. The van der Waals surface area contributed by atoms with Crippen LogP contribution in [-0.4, -0.2) is 25.6 Å². The predicted octanol–water partition coefficient (Wildman–Crippen LogP) is 2.24. The summed E-state index contributed by atoms with van der Waals surface area (Å²) in [5.41, 5.74) is 0.336. The quantitative estimate of drug-likeness (QED) is 0.692. The number of nitrogens with zero attached hydrogens (tertiary/aromatic N) is 3. The fourth-order valence-electron chi connectivity index (χ4n) is 1.44. The van der Waals surface area contributed by atoms with Gasteiger partial charge in [-0.15, -0.1) is 0 Å². The minimum Gasteiger partial charge on any atom is -0.478 e. The van der Waals surface area contributed by atoms with Gasteiger partial charge in [0.05, 0.1) is 11.3 Å². The fraction of sp³-hybridized carbons (Fsp3) is 0. The highest BCUT2D eigenvalue weighted by Gasteiger charge is 2.16. The van der Waals surface area contributed by atoms with Crippen molar-refractivity contribution in [2.45, 2.75) is 0 Å². The average Bonchev–Trinajstić information content (AvgIpc) is 2.78. The van der Waals surface area contributed by atoms with Crippen LogP contribution in [0.25, 0.3) is 5.69 Å². The highest BCUT2D eigenvalue weighted by molar-refractivity contribution is 9.10. The second-order valence-electron chi connectivity index (χ2n) is 3.36. The smallest absolute Gasteiger partial charge is 0.381 e. The molecular formula is C10H6BrN3O4. The summed E-state index contributed by atoms with van der Waals surface area (Å²) in [6.07, 6.45) is 2.36. The Morgan fingerprint density at radius 1 is 1.50 bits per heavy atom. The monoisotopic (exact) mass is 311 g/mol. The van der Waals surface area contributed by atoms with E-state index in [9.17, 15) is 14.9 Å². The standard InChI is InChI=1S/C10H6BrN3O4/c11-6-1-2-8(7(3-6)10(15)16)13-4-9(12-5-13)14(17)18/h1-5H,(H,15,16). The van der Waals surface area contributed by atoms with Crippen LogP contribution in [0.1, 0.15) is 10.4 Å². The molecule has 1 heterocycles. The molecule has 8 heteroatoms. The van der Waals surface area contributed by atoms with Gasteiger partial charge >= 0.3 is 11.8 Å². The van der Waals surface area contributed by atoms with Gasteiger partial charge in [-0.2, -0.15) is 0 Å². The van der Waals surface area contributed by atoms with Gasteiger partial charge in [-0.25, -0.2) is 4.79 Å². The molecular weight excluding hydrogens is 306 g/mol. The van der Waals surface area contributed by atoms with Crippen molar-refractivity contribution in [1.82, 2.24) is 9.55 Å². The molecule has 0 spiro atoms. The van der Waals surface area contributed by atoms with Crippen LogP contribution in [0.4, 0.5) is 5.82 Å². The number of aromatic nitrogens is 2. The van der Waals surface area contributed by atoms with Gasteiger partial charge in [-0.3, -0.25) is 4.57 Å². The summed E-state index contributed by atoms with van der Waals surface area (Å²) >= 11 is 3.17. The topological polar surface area (TPSA) is 98.3 Å². The van der Waals surface area contributed by atoms with Crippen molar-refractivity contribution >= 4 is 27.7 Å². The number of carboxylic acid groups (broad SMARTS) is 1. The van der Waals surface area contributed by atoms with E-state index in [0.717, 1.165) is 6.20 Å². The maximum atomic E-state index is 11.1. The summed E-state index contributed by atoms with van der Waals surface area (Å²) in [6, 6.07) is 4.61. The molecule has 2 rings (SSSR count). The van der Waals surface area contributed by atoms with Gasteiger partial charge in [0, 0.05) is 4.47 Å². The minimum absolute atomic E-state index is 0.0247. The largest absolute Gasteiger partial charge is 0.478 e. The summed E-state index contributed by atoms with van der Waals surface area (Å²) in [5.74, 6) is -1.46. The van der Waals surface area contributed by atoms with Crippen molar-refractivity contribution in [3.8, 4) is 5.69 Å². The minimum atomic E-state index is -1.12. The van der Waals surface area contributed by atoms with Gasteiger partial charge in [0.1, 0.15) is 6.20 Å². The molecule has 0 bridgehead atoms. The molecule has 1 N–H and O–H groups in total. The van der Waals surface area contributed by atoms with Gasteiger partial charge in [0.2, 0.25) is 6.33 Å². The molecule has 0 unspecified atom stereocenters. The number of carbonyl (C=O) groups is 1. The zero-order chi connectivity index (χ0) is 13.3. The number of imidazole rings is 1. The zero-order valence-electron chi connectivity index (χ0n) is 8.78. The van der Waals surface area contributed by atoms with E-state index in [-0.39, 0.29) is 11.4 Å². The van der Waals surface area contributed by atoms with Crippen LogP contribution in [0.5, 0.6) is 0 Å². The maximum Gasteiger partial charge on any atom is 0.381 e. The van der Waals surface area contributed by atoms with Crippen molar-refractivity contribution < 1.29 is 14.8 Å². The van der Waals surface area contributed by atoms with Crippen LogP contribution in [0.15, 0.2) is 35.2 Å². The number of benzene rings is 1. The third kappa shape index (κ3) is 2.23. The first-order valence-electron chi connectivity index (χ1n) is 4.70. The lowest BCUT2D eigenvalue weighted by molar-refractivity contribution is -0.389. The van der Waals surface area contributed by atoms with E-state index >= 15 is 0 Å². The van der Waals surface area contributed by atoms with Crippen LogP contribution in [0.2, 0.25) is 0 Å². The van der Waals surface area contributed by atoms with Crippen LogP contribution >= 0.6 is 15.9 Å². The predicted molar refractivity (Wildman–Crippen MR) is 64.9 cm³/mol. The Kier molecular flexibility index (Phi) is 3.11. The lowest BCUT2D eigenvalue weighted by Crippen LogP contribution is -2.04. The SMILES string of the molecule is O=C(O)c1cc(Br)ccc1-n1cnc([N+](=O)[O-])c1. The number of carboxylic acids is 1. The maximum absolute atomic E-state index is 11.1. The Bertz CT molecular complexity index is 638. The zero-order valence-corrected chi connectivity index (χ0v) is 10.4. The average molecular weight is 312 g/mol. The third-order valence-electron chi connectivity index (χ3n) is 2.22. The first kappa shape index (κ1) is 12.2. The van der Waals surface area contributed by atoms with Gasteiger partial charge in [-0.1, -0.05) is 15.9 Å². The molecule has 18 heavy (non-hydrogen) atoms. The molecule has 0 aliphatic heterocycles. The molecule has 7 nitrogen and oxygen atoms in total. The first-order valence-corrected chi connectivity index (χ1v) is 5.50. The fourth-order valence-corrected chi connectivity index (χ4v) is 1.80. The van der Waals surface area contributed by atoms with E-state index in [4.69, 9.17) is 5.11 Å². The lowest BCUT2D eigenvalue weighted by atomic mass is 10.2. The Labute approximate surface area is 109 Å². The number of aromatic carboxylic acids is 1. The molecule has 1 aromatic carbocycles. The second-order valence-corrected chi connectivity index (χ2v) is 4.28. The van der Waals surface area contributed by atoms with E-state index in [0.29, 0.717) is 10.2 Å². The third-order valence-corrected chi connectivity index (χ3v) is 2.72.